The Morgan fingerprint density at radius 2 is 1.47 bits per heavy atom. The lowest BCUT2D eigenvalue weighted by molar-refractivity contribution is 0.306. The molecule has 1 aromatic heterocycles. The standard InChI is InChI=1S/C24H23N5O/c1-3-7-19(8-4-1)15-16-25-23-17-26-29-24(28-23)27-21-11-13-22(14-12-21)30-18-20-9-5-2-6-10-20/h1-14,17H,15-16,18H2,(H2,25,27,28,29). The van der Waals surface area contributed by atoms with E-state index in [1.54, 1.807) is 6.20 Å². The number of benzene rings is 3. The Morgan fingerprint density at radius 3 is 2.20 bits per heavy atom. The molecule has 0 aliphatic heterocycles. The Kier molecular flexibility index (Phi) is 6.48. The highest BCUT2D eigenvalue weighted by atomic mass is 16.5. The molecule has 2 N–H and O–H groups in total. The minimum atomic E-state index is 0.442. The first-order valence-electron chi connectivity index (χ1n) is 9.86. The zero-order chi connectivity index (χ0) is 20.4. The number of nitrogens with zero attached hydrogens (tertiary/aromatic N) is 3. The molecule has 0 saturated heterocycles. The van der Waals surface area contributed by atoms with E-state index in [2.05, 4.69) is 37.9 Å². The van der Waals surface area contributed by atoms with Gasteiger partial charge in [0, 0.05) is 12.2 Å². The molecule has 150 valence electrons. The maximum absolute atomic E-state index is 5.82. The summed E-state index contributed by atoms with van der Waals surface area (Å²) in [5, 5.41) is 14.5. The molecule has 0 amide bonds. The summed E-state index contributed by atoms with van der Waals surface area (Å²) in [6.45, 7) is 1.31. The van der Waals surface area contributed by atoms with E-state index in [4.69, 9.17) is 4.74 Å². The highest BCUT2D eigenvalue weighted by Gasteiger charge is 2.03. The Balaban J connectivity index is 1.29. The fraction of sp³-hybridized carbons (Fsp3) is 0.125. The average molecular weight is 397 g/mol. The fourth-order valence-electron chi connectivity index (χ4n) is 2.93. The normalized spacial score (nSPS) is 10.4. The first-order valence-corrected chi connectivity index (χ1v) is 9.86. The van der Waals surface area contributed by atoms with Crippen LogP contribution in [0.2, 0.25) is 0 Å². The maximum atomic E-state index is 5.82. The van der Waals surface area contributed by atoms with Crippen molar-refractivity contribution < 1.29 is 4.74 Å². The summed E-state index contributed by atoms with van der Waals surface area (Å²) in [5.41, 5.74) is 3.28. The molecule has 4 rings (SSSR count). The first-order chi connectivity index (χ1) is 14.8. The van der Waals surface area contributed by atoms with Crippen LogP contribution in [0.15, 0.2) is 91.1 Å². The third-order valence-electron chi connectivity index (χ3n) is 4.48. The van der Waals surface area contributed by atoms with Crippen LogP contribution in [0.5, 0.6) is 5.75 Å². The molecule has 6 heteroatoms. The second-order valence-corrected chi connectivity index (χ2v) is 6.75. The van der Waals surface area contributed by atoms with Gasteiger partial charge in [-0.3, -0.25) is 0 Å². The summed E-state index contributed by atoms with van der Waals surface area (Å²) >= 11 is 0. The number of anilines is 3. The fourth-order valence-corrected chi connectivity index (χ4v) is 2.93. The molecule has 0 unspecified atom stereocenters. The number of hydrogen-bond donors (Lipinski definition) is 2. The molecule has 0 fully saturated rings. The molecular weight excluding hydrogens is 374 g/mol. The molecule has 4 aromatic rings. The number of hydrogen-bond acceptors (Lipinski definition) is 6. The molecule has 0 radical (unpaired) electrons. The van der Waals surface area contributed by atoms with E-state index in [1.807, 2.05) is 72.8 Å². The number of ether oxygens (including phenoxy) is 1. The van der Waals surface area contributed by atoms with Crippen molar-refractivity contribution in [2.24, 2.45) is 0 Å². The molecule has 0 aliphatic carbocycles. The highest BCUT2D eigenvalue weighted by Crippen LogP contribution is 2.19. The SMILES string of the molecule is c1ccc(CCNc2cnnc(Nc3ccc(OCc4ccccc4)cc3)n2)cc1. The molecule has 3 aromatic carbocycles. The van der Waals surface area contributed by atoms with E-state index in [0.717, 1.165) is 30.0 Å². The monoisotopic (exact) mass is 397 g/mol. The van der Waals surface area contributed by atoms with Crippen LogP contribution in [-0.4, -0.2) is 21.7 Å². The van der Waals surface area contributed by atoms with Crippen molar-refractivity contribution in [3.63, 3.8) is 0 Å². The van der Waals surface area contributed by atoms with Crippen LogP contribution in [-0.2, 0) is 13.0 Å². The summed E-state index contributed by atoms with van der Waals surface area (Å²) < 4.78 is 5.82. The van der Waals surface area contributed by atoms with E-state index in [1.165, 1.54) is 5.56 Å². The van der Waals surface area contributed by atoms with Crippen LogP contribution >= 0.6 is 0 Å². The molecule has 0 bridgehead atoms. The van der Waals surface area contributed by atoms with E-state index < -0.39 is 0 Å². The molecule has 6 nitrogen and oxygen atoms in total. The maximum Gasteiger partial charge on any atom is 0.249 e. The first kappa shape index (κ1) is 19.4. The van der Waals surface area contributed by atoms with E-state index >= 15 is 0 Å². The number of aromatic nitrogens is 3. The lowest BCUT2D eigenvalue weighted by atomic mass is 10.1. The van der Waals surface area contributed by atoms with Crippen LogP contribution in [0.25, 0.3) is 0 Å². The minimum Gasteiger partial charge on any atom is -0.489 e. The molecular formula is C24H23N5O. The molecule has 30 heavy (non-hydrogen) atoms. The van der Waals surface area contributed by atoms with E-state index in [9.17, 15) is 0 Å². The van der Waals surface area contributed by atoms with Crippen LogP contribution in [0.1, 0.15) is 11.1 Å². The summed E-state index contributed by atoms with van der Waals surface area (Å²) in [6.07, 6.45) is 2.54. The molecule has 0 aliphatic rings. The second kappa shape index (κ2) is 10.0. The Labute approximate surface area is 176 Å². The van der Waals surface area contributed by atoms with Gasteiger partial charge in [-0.15, -0.1) is 5.10 Å². The Hall–Kier alpha value is -3.93. The molecule has 0 saturated carbocycles. The number of rotatable bonds is 9. The Morgan fingerprint density at radius 1 is 0.767 bits per heavy atom. The topological polar surface area (TPSA) is 72.0 Å². The third-order valence-corrected chi connectivity index (χ3v) is 4.48. The van der Waals surface area contributed by atoms with Crippen molar-refractivity contribution >= 4 is 17.5 Å². The predicted octanol–water partition coefficient (Wildman–Crippen LogP) is 4.85. The van der Waals surface area contributed by atoms with Crippen molar-refractivity contribution in [1.29, 1.82) is 0 Å². The van der Waals surface area contributed by atoms with Gasteiger partial charge in [0.1, 0.15) is 12.4 Å². The van der Waals surface area contributed by atoms with Gasteiger partial charge in [0.25, 0.3) is 0 Å². The second-order valence-electron chi connectivity index (χ2n) is 6.75. The average Bonchev–Trinajstić information content (AvgIpc) is 2.80. The van der Waals surface area contributed by atoms with Gasteiger partial charge in [-0.2, -0.15) is 10.1 Å². The van der Waals surface area contributed by atoms with Crippen LogP contribution in [0, 0.1) is 0 Å². The van der Waals surface area contributed by atoms with Gasteiger partial charge in [0.2, 0.25) is 5.95 Å². The summed E-state index contributed by atoms with van der Waals surface area (Å²) in [5.74, 6) is 1.93. The summed E-state index contributed by atoms with van der Waals surface area (Å²) in [7, 11) is 0. The zero-order valence-corrected chi connectivity index (χ0v) is 16.5. The largest absolute Gasteiger partial charge is 0.489 e. The zero-order valence-electron chi connectivity index (χ0n) is 16.5. The van der Waals surface area contributed by atoms with E-state index in [-0.39, 0.29) is 0 Å². The Bertz CT molecular complexity index is 1040. The van der Waals surface area contributed by atoms with Crippen LogP contribution in [0.3, 0.4) is 0 Å². The lowest BCUT2D eigenvalue weighted by Crippen LogP contribution is -2.08. The lowest BCUT2D eigenvalue weighted by Gasteiger charge is -2.09. The van der Waals surface area contributed by atoms with Gasteiger partial charge in [0.05, 0.1) is 6.20 Å². The predicted molar refractivity (Wildman–Crippen MR) is 119 cm³/mol. The molecule has 0 atom stereocenters. The quantitative estimate of drug-likeness (QED) is 0.421. The van der Waals surface area contributed by atoms with Gasteiger partial charge in [-0.05, 0) is 41.8 Å². The van der Waals surface area contributed by atoms with Gasteiger partial charge < -0.3 is 15.4 Å². The van der Waals surface area contributed by atoms with Crippen molar-refractivity contribution in [1.82, 2.24) is 15.2 Å². The van der Waals surface area contributed by atoms with Crippen molar-refractivity contribution in [3.8, 4) is 5.75 Å². The summed E-state index contributed by atoms with van der Waals surface area (Å²) in [6, 6.07) is 28.1. The van der Waals surface area contributed by atoms with Crippen molar-refractivity contribution in [2.75, 3.05) is 17.2 Å². The van der Waals surface area contributed by atoms with Gasteiger partial charge in [0.15, 0.2) is 5.82 Å². The minimum absolute atomic E-state index is 0.442. The van der Waals surface area contributed by atoms with Gasteiger partial charge in [-0.25, -0.2) is 0 Å². The van der Waals surface area contributed by atoms with Crippen molar-refractivity contribution in [2.45, 2.75) is 13.0 Å². The highest BCUT2D eigenvalue weighted by molar-refractivity contribution is 5.55. The van der Waals surface area contributed by atoms with E-state index in [0.29, 0.717) is 18.4 Å². The smallest absolute Gasteiger partial charge is 0.249 e. The summed E-state index contributed by atoms with van der Waals surface area (Å²) in [4.78, 5) is 4.47. The third kappa shape index (κ3) is 5.78. The van der Waals surface area contributed by atoms with Crippen LogP contribution < -0.4 is 15.4 Å². The van der Waals surface area contributed by atoms with Gasteiger partial charge in [-0.1, -0.05) is 60.7 Å². The van der Waals surface area contributed by atoms with Crippen molar-refractivity contribution in [3.05, 3.63) is 102 Å². The van der Waals surface area contributed by atoms with Crippen LogP contribution in [0.4, 0.5) is 17.5 Å². The molecule has 1 heterocycles. The number of nitrogens with one attached hydrogen (secondary N) is 2. The van der Waals surface area contributed by atoms with Gasteiger partial charge >= 0.3 is 0 Å². The molecule has 0 spiro atoms.